The topological polar surface area (TPSA) is 37.3 Å². The Kier molecular flexibility index (Phi) is 2.61. The van der Waals surface area contributed by atoms with Gasteiger partial charge in [0.25, 0.3) is 0 Å². The van der Waals surface area contributed by atoms with Crippen molar-refractivity contribution in [1.82, 2.24) is 0 Å². The number of ketones is 1. The number of carbonyl (C=O) groups excluding carboxylic acids is 1. The normalized spacial score (nSPS) is 30.8. The van der Waals surface area contributed by atoms with Gasteiger partial charge in [0, 0.05) is 11.3 Å². The Hall–Kier alpha value is -1.15. The Morgan fingerprint density at radius 1 is 1.40 bits per heavy atom. The molecule has 2 heteroatoms. The molecule has 2 atom stereocenters. The molecule has 1 aromatic carbocycles. The van der Waals surface area contributed by atoms with Gasteiger partial charge >= 0.3 is 0 Å². The van der Waals surface area contributed by atoms with Crippen LogP contribution < -0.4 is 0 Å². The van der Waals surface area contributed by atoms with E-state index < -0.39 is 5.41 Å². The molecule has 0 spiro atoms. The van der Waals surface area contributed by atoms with E-state index in [1.807, 2.05) is 37.3 Å². The monoisotopic (exact) mass is 204 g/mol. The van der Waals surface area contributed by atoms with Crippen LogP contribution in [0.2, 0.25) is 0 Å². The molecule has 0 amide bonds. The van der Waals surface area contributed by atoms with E-state index in [1.54, 1.807) is 0 Å². The lowest BCUT2D eigenvalue weighted by Gasteiger charge is -2.19. The van der Waals surface area contributed by atoms with Gasteiger partial charge in [-0.15, -0.1) is 0 Å². The average Bonchev–Trinajstić information content (AvgIpc) is 2.58. The predicted molar refractivity (Wildman–Crippen MR) is 58.6 cm³/mol. The average molecular weight is 204 g/mol. The second-order valence-corrected chi connectivity index (χ2v) is 4.58. The van der Waals surface area contributed by atoms with E-state index in [2.05, 4.69) is 0 Å². The van der Waals surface area contributed by atoms with Crippen LogP contribution >= 0.6 is 0 Å². The lowest BCUT2D eigenvalue weighted by Crippen LogP contribution is -2.28. The Balaban J connectivity index is 2.25. The quantitative estimate of drug-likeness (QED) is 0.801. The Bertz CT molecular complexity index is 358. The second-order valence-electron chi connectivity index (χ2n) is 4.58. The van der Waals surface area contributed by atoms with Crippen LogP contribution in [0.15, 0.2) is 30.3 Å². The van der Waals surface area contributed by atoms with E-state index in [0.29, 0.717) is 0 Å². The molecule has 15 heavy (non-hydrogen) atoms. The summed E-state index contributed by atoms with van der Waals surface area (Å²) in [6.07, 6.45) is 1.65. The first-order valence-corrected chi connectivity index (χ1v) is 5.37. The number of carbonyl (C=O) groups is 1. The van der Waals surface area contributed by atoms with Crippen LogP contribution in [0.1, 0.15) is 31.2 Å². The van der Waals surface area contributed by atoms with Gasteiger partial charge in [-0.25, -0.2) is 0 Å². The van der Waals surface area contributed by atoms with Crippen molar-refractivity contribution in [3.63, 3.8) is 0 Å². The van der Waals surface area contributed by atoms with Crippen molar-refractivity contribution < 1.29 is 9.90 Å². The number of rotatable bonds is 2. The highest BCUT2D eigenvalue weighted by molar-refractivity contribution is 5.92. The molecule has 1 fully saturated rings. The maximum absolute atomic E-state index is 12.1. The summed E-state index contributed by atoms with van der Waals surface area (Å²) >= 11 is 0. The largest absolute Gasteiger partial charge is 0.395 e. The van der Waals surface area contributed by atoms with Crippen molar-refractivity contribution in [2.24, 2.45) is 5.41 Å². The van der Waals surface area contributed by atoms with Crippen LogP contribution in [-0.2, 0) is 4.79 Å². The van der Waals surface area contributed by atoms with Gasteiger partial charge in [0.15, 0.2) is 0 Å². The molecule has 0 aromatic heterocycles. The molecule has 0 saturated heterocycles. The van der Waals surface area contributed by atoms with Crippen molar-refractivity contribution in [2.45, 2.75) is 25.7 Å². The number of aliphatic hydroxyl groups is 1. The number of aliphatic hydroxyl groups excluding tert-OH is 1. The molecule has 80 valence electrons. The summed E-state index contributed by atoms with van der Waals surface area (Å²) < 4.78 is 0. The highest BCUT2D eigenvalue weighted by atomic mass is 16.3. The highest BCUT2D eigenvalue weighted by Crippen LogP contribution is 2.42. The maximum Gasteiger partial charge on any atom is 0.148 e. The van der Waals surface area contributed by atoms with Crippen LogP contribution in [0.5, 0.6) is 0 Å². The molecule has 0 heterocycles. The summed E-state index contributed by atoms with van der Waals surface area (Å²) in [5.41, 5.74) is 0.570. The molecule has 1 aliphatic rings. The molecule has 0 unspecified atom stereocenters. The standard InChI is InChI=1S/C13H16O2/c1-13(9-14)8-7-11(12(13)15)10-5-3-2-4-6-10/h2-6,11,14H,7-9H2,1H3/t11-,13-/m1/s1. The van der Waals surface area contributed by atoms with Crippen molar-refractivity contribution >= 4 is 5.78 Å². The van der Waals surface area contributed by atoms with E-state index in [-0.39, 0.29) is 18.3 Å². The van der Waals surface area contributed by atoms with E-state index >= 15 is 0 Å². The fourth-order valence-electron chi connectivity index (χ4n) is 2.30. The molecular formula is C13H16O2. The first-order chi connectivity index (χ1) is 7.17. The van der Waals surface area contributed by atoms with Crippen molar-refractivity contribution in [2.75, 3.05) is 6.61 Å². The number of hydrogen-bond acceptors (Lipinski definition) is 2. The van der Waals surface area contributed by atoms with Crippen molar-refractivity contribution in [1.29, 1.82) is 0 Å². The molecule has 0 radical (unpaired) electrons. The van der Waals surface area contributed by atoms with E-state index in [0.717, 1.165) is 18.4 Å². The van der Waals surface area contributed by atoms with Crippen LogP contribution in [0.3, 0.4) is 0 Å². The van der Waals surface area contributed by atoms with Crippen molar-refractivity contribution in [3.8, 4) is 0 Å². The first-order valence-electron chi connectivity index (χ1n) is 5.37. The highest BCUT2D eigenvalue weighted by Gasteiger charge is 2.43. The Morgan fingerprint density at radius 3 is 2.60 bits per heavy atom. The molecule has 1 aliphatic carbocycles. The van der Waals surface area contributed by atoms with Gasteiger partial charge < -0.3 is 5.11 Å². The minimum Gasteiger partial charge on any atom is -0.395 e. The number of Topliss-reactive ketones (excluding diaryl/α,β-unsaturated/α-hetero) is 1. The van der Waals surface area contributed by atoms with Gasteiger partial charge in [0.05, 0.1) is 6.61 Å². The van der Waals surface area contributed by atoms with E-state index in [4.69, 9.17) is 0 Å². The van der Waals surface area contributed by atoms with Crippen LogP contribution in [0, 0.1) is 5.41 Å². The van der Waals surface area contributed by atoms with Crippen LogP contribution in [-0.4, -0.2) is 17.5 Å². The molecule has 2 rings (SSSR count). The Labute approximate surface area is 89.9 Å². The summed E-state index contributed by atoms with van der Waals surface area (Å²) in [7, 11) is 0. The number of benzene rings is 1. The second kappa shape index (κ2) is 3.78. The third-order valence-corrected chi connectivity index (χ3v) is 3.45. The number of hydrogen-bond donors (Lipinski definition) is 1. The van der Waals surface area contributed by atoms with Gasteiger partial charge in [-0.3, -0.25) is 4.79 Å². The van der Waals surface area contributed by atoms with Crippen LogP contribution in [0.25, 0.3) is 0 Å². The zero-order valence-corrected chi connectivity index (χ0v) is 8.94. The maximum atomic E-state index is 12.1. The first kappa shape index (κ1) is 10.4. The minimum atomic E-state index is -0.513. The lowest BCUT2D eigenvalue weighted by atomic mass is 9.86. The lowest BCUT2D eigenvalue weighted by molar-refractivity contribution is -0.128. The van der Waals surface area contributed by atoms with Gasteiger partial charge in [-0.05, 0) is 18.4 Å². The van der Waals surface area contributed by atoms with Crippen molar-refractivity contribution in [3.05, 3.63) is 35.9 Å². The fourth-order valence-corrected chi connectivity index (χ4v) is 2.30. The molecule has 0 aliphatic heterocycles. The molecule has 2 nitrogen and oxygen atoms in total. The van der Waals surface area contributed by atoms with Gasteiger partial charge in [0.2, 0.25) is 0 Å². The minimum absolute atomic E-state index is 0.0108. The summed E-state index contributed by atoms with van der Waals surface area (Å²) in [6, 6.07) is 9.85. The van der Waals surface area contributed by atoms with Gasteiger partial charge in [0.1, 0.15) is 5.78 Å². The molecule has 1 aromatic rings. The molecular weight excluding hydrogens is 188 g/mol. The Morgan fingerprint density at radius 2 is 2.07 bits per heavy atom. The van der Waals surface area contributed by atoms with E-state index in [9.17, 15) is 9.90 Å². The molecule has 1 N–H and O–H groups in total. The predicted octanol–water partition coefficient (Wildman–Crippen LogP) is 2.13. The SMILES string of the molecule is C[C@]1(CO)CC[C@H](c2ccccc2)C1=O. The molecule has 1 saturated carbocycles. The zero-order valence-electron chi connectivity index (χ0n) is 8.94. The summed E-state index contributed by atoms with van der Waals surface area (Å²) in [5.74, 6) is 0.180. The van der Waals surface area contributed by atoms with Gasteiger partial charge in [-0.2, -0.15) is 0 Å². The fraction of sp³-hybridized carbons (Fsp3) is 0.462. The van der Waals surface area contributed by atoms with Crippen LogP contribution in [0.4, 0.5) is 0 Å². The third kappa shape index (κ3) is 1.70. The summed E-state index contributed by atoms with van der Waals surface area (Å²) in [5, 5.41) is 9.24. The molecule has 0 bridgehead atoms. The summed E-state index contributed by atoms with van der Waals surface area (Å²) in [6.45, 7) is 1.83. The van der Waals surface area contributed by atoms with E-state index in [1.165, 1.54) is 0 Å². The smallest absolute Gasteiger partial charge is 0.148 e. The zero-order chi connectivity index (χ0) is 10.9. The third-order valence-electron chi connectivity index (χ3n) is 3.45. The van der Waals surface area contributed by atoms with Gasteiger partial charge in [-0.1, -0.05) is 37.3 Å². The summed E-state index contributed by atoms with van der Waals surface area (Å²) in [4.78, 5) is 12.1.